The molecule has 1 N–H and O–H groups in total. The van der Waals surface area contributed by atoms with Gasteiger partial charge in [0.05, 0.1) is 6.04 Å². The van der Waals surface area contributed by atoms with E-state index in [9.17, 15) is 0 Å². The minimum atomic E-state index is 0.428. The Labute approximate surface area is 89.8 Å². The van der Waals surface area contributed by atoms with Crippen LogP contribution in [0.1, 0.15) is 49.4 Å². The summed E-state index contributed by atoms with van der Waals surface area (Å²) in [5, 5.41) is 7.01. The van der Waals surface area contributed by atoms with Crippen molar-refractivity contribution in [3.63, 3.8) is 0 Å². The maximum Gasteiger partial charge on any atom is 0.110 e. The van der Waals surface area contributed by atoms with Gasteiger partial charge in [-0.2, -0.15) is 0 Å². The molecule has 0 saturated heterocycles. The Morgan fingerprint density at radius 3 is 2.79 bits per heavy atom. The van der Waals surface area contributed by atoms with Crippen molar-refractivity contribution in [2.75, 3.05) is 0 Å². The van der Waals surface area contributed by atoms with Gasteiger partial charge in [-0.15, -0.1) is 11.3 Å². The number of nitrogens with zero attached hydrogens (tertiary/aromatic N) is 1. The van der Waals surface area contributed by atoms with Gasteiger partial charge in [-0.05, 0) is 26.7 Å². The molecule has 2 nitrogen and oxygen atoms in total. The molecule has 1 aliphatic carbocycles. The highest BCUT2D eigenvalue weighted by Gasteiger charge is 2.18. The smallest absolute Gasteiger partial charge is 0.110 e. The molecular weight excluding hydrogens is 192 g/mol. The van der Waals surface area contributed by atoms with Crippen LogP contribution >= 0.6 is 11.3 Å². The van der Waals surface area contributed by atoms with Crippen LogP contribution in [-0.4, -0.2) is 11.0 Å². The molecule has 0 radical (unpaired) electrons. The second-order valence-electron chi connectivity index (χ2n) is 4.20. The third kappa shape index (κ3) is 2.34. The fraction of sp³-hybridized carbons (Fsp3) is 0.727. The first-order chi connectivity index (χ1) is 6.75. The van der Waals surface area contributed by atoms with Gasteiger partial charge in [0.15, 0.2) is 0 Å². The minimum Gasteiger partial charge on any atom is -0.305 e. The average Bonchev–Trinajstić information content (AvgIpc) is 2.75. The topological polar surface area (TPSA) is 24.9 Å². The molecule has 1 saturated carbocycles. The highest BCUT2D eigenvalue weighted by Crippen LogP contribution is 2.23. The van der Waals surface area contributed by atoms with Gasteiger partial charge >= 0.3 is 0 Å². The van der Waals surface area contributed by atoms with Crippen LogP contribution in [0, 0.1) is 6.92 Å². The van der Waals surface area contributed by atoms with E-state index in [1.165, 1.54) is 30.7 Å². The first kappa shape index (κ1) is 10.1. The molecule has 1 aromatic rings. The molecule has 3 heteroatoms. The molecule has 0 aromatic carbocycles. The van der Waals surface area contributed by atoms with Crippen LogP contribution in [0.4, 0.5) is 0 Å². The lowest BCUT2D eigenvalue weighted by molar-refractivity contribution is 0.460. The van der Waals surface area contributed by atoms with E-state index in [1.807, 2.05) is 0 Å². The van der Waals surface area contributed by atoms with Gasteiger partial charge in [0.25, 0.3) is 0 Å². The number of rotatable bonds is 3. The summed E-state index contributed by atoms with van der Waals surface area (Å²) >= 11 is 1.77. The van der Waals surface area contributed by atoms with Crippen molar-refractivity contribution < 1.29 is 0 Å². The molecule has 0 spiro atoms. The Kier molecular flexibility index (Phi) is 3.19. The van der Waals surface area contributed by atoms with Crippen molar-refractivity contribution >= 4 is 11.3 Å². The minimum absolute atomic E-state index is 0.428. The van der Waals surface area contributed by atoms with Gasteiger partial charge in [0, 0.05) is 17.1 Å². The predicted octanol–water partition coefficient (Wildman–Crippen LogP) is 3.04. The largest absolute Gasteiger partial charge is 0.305 e. The first-order valence-electron chi connectivity index (χ1n) is 5.44. The Bertz CT molecular complexity index is 289. The summed E-state index contributed by atoms with van der Waals surface area (Å²) < 4.78 is 0. The van der Waals surface area contributed by atoms with Gasteiger partial charge < -0.3 is 5.32 Å². The lowest BCUT2D eigenvalue weighted by Crippen LogP contribution is -2.28. The molecule has 78 valence electrons. The first-order valence-corrected chi connectivity index (χ1v) is 6.32. The zero-order chi connectivity index (χ0) is 9.97. The summed E-state index contributed by atoms with van der Waals surface area (Å²) in [6, 6.07) is 1.16. The summed E-state index contributed by atoms with van der Waals surface area (Å²) in [5.41, 5.74) is 1.14. The summed E-state index contributed by atoms with van der Waals surface area (Å²) in [6.07, 6.45) is 5.46. The van der Waals surface area contributed by atoms with E-state index in [-0.39, 0.29) is 0 Å². The molecule has 14 heavy (non-hydrogen) atoms. The molecule has 1 atom stereocenters. The molecule has 0 bridgehead atoms. The fourth-order valence-electron chi connectivity index (χ4n) is 2.09. The van der Waals surface area contributed by atoms with E-state index < -0.39 is 0 Å². The molecule has 1 fully saturated rings. The Balaban J connectivity index is 1.91. The number of aryl methyl sites for hydroxylation is 1. The lowest BCUT2D eigenvalue weighted by atomic mass is 10.2. The highest BCUT2D eigenvalue weighted by molar-refractivity contribution is 7.09. The van der Waals surface area contributed by atoms with Gasteiger partial charge in [0.1, 0.15) is 5.01 Å². The standard InChI is InChI=1S/C11H18N2S/c1-8-7-14-11(12-8)9(2)13-10-5-3-4-6-10/h7,9-10,13H,3-6H2,1-2H3. The van der Waals surface area contributed by atoms with Crippen LogP contribution in [0.5, 0.6) is 0 Å². The third-order valence-electron chi connectivity index (χ3n) is 2.85. The van der Waals surface area contributed by atoms with Crippen molar-refractivity contribution in [3.8, 4) is 0 Å². The maximum atomic E-state index is 4.51. The van der Waals surface area contributed by atoms with Crippen molar-refractivity contribution in [3.05, 3.63) is 16.1 Å². The molecule has 0 aliphatic heterocycles. The third-order valence-corrected chi connectivity index (χ3v) is 3.99. The number of hydrogen-bond donors (Lipinski definition) is 1. The van der Waals surface area contributed by atoms with Gasteiger partial charge in [-0.25, -0.2) is 4.98 Å². The monoisotopic (exact) mass is 210 g/mol. The predicted molar refractivity (Wildman–Crippen MR) is 60.7 cm³/mol. The second-order valence-corrected chi connectivity index (χ2v) is 5.09. The van der Waals surface area contributed by atoms with E-state index in [4.69, 9.17) is 0 Å². The summed E-state index contributed by atoms with van der Waals surface area (Å²) in [6.45, 7) is 4.28. The normalized spacial score (nSPS) is 20.1. The van der Waals surface area contributed by atoms with Crippen molar-refractivity contribution in [1.82, 2.24) is 10.3 Å². The molecule has 1 unspecified atom stereocenters. The number of aromatic nitrogens is 1. The zero-order valence-electron chi connectivity index (χ0n) is 8.92. The second kappa shape index (κ2) is 4.41. The Morgan fingerprint density at radius 2 is 2.21 bits per heavy atom. The van der Waals surface area contributed by atoms with Gasteiger partial charge in [0.2, 0.25) is 0 Å². The molecule has 2 rings (SSSR count). The summed E-state index contributed by atoms with van der Waals surface area (Å²) in [7, 11) is 0. The summed E-state index contributed by atoms with van der Waals surface area (Å²) in [4.78, 5) is 4.51. The van der Waals surface area contributed by atoms with E-state index >= 15 is 0 Å². The highest BCUT2D eigenvalue weighted by atomic mass is 32.1. The van der Waals surface area contributed by atoms with Crippen LogP contribution in [0.15, 0.2) is 5.38 Å². The van der Waals surface area contributed by atoms with Crippen LogP contribution in [0.25, 0.3) is 0 Å². The van der Waals surface area contributed by atoms with E-state index in [2.05, 4.69) is 29.5 Å². The number of hydrogen-bond acceptors (Lipinski definition) is 3. The molecule has 1 aromatic heterocycles. The van der Waals surface area contributed by atoms with Crippen LogP contribution in [-0.2, 0) is 0 Å². The molecule has 0 amide bonds. The Morgan fingerprint density at radius 1 is 1.50 bits per heavy atom. The van der Waals surface area contributed by atoms with Gasteiger partial charge in [-0.3, -0.25) is 0 Å². The number of thiazole rings is 1. The van der Waals surface area contributed by atoms with Crippen LogP contribution in [0.2, 0.25) is 0 Å². The molecular formula is C11H18N2S. The van der Waals surface area contributed by atoms with Crippen molar-refractivity contribution in [2.24, 2.45) is 0 Å². The summed E-state index contributed by atoms with van der Waals surface area (Å²) in [5.74, 6) is 0. The SMILES string of the molecule is Cc1csc(C(C)NC2CCCC2)n1. The number of nitrogens with one attached hydrogen (secondary N) is 1. The fourth-order valence-corrected chi connectivity index (χ4v) is 2.90. The van der Waals surface area contributed by atoms with E-state index in [1.54, 1.807) is 11.3 Å². The maximum absolute atomic E-state index is 4.51. The van der Waals surface area contributed by atoms with E-state index in [0.717, 1.165) is 11.7 Å². The van der Waals surface area contributed by atoms with Crippen LogP contribution < -0.4 is 5.32 Å². The van der Waals surface area contributed by atoms with E-state index in [0.29, 0.717) is 6.04 Å². The van der Waals surface area contributed by atoms with Crippen molar-refractivity contribution in [1.29, 1.82) is 0 Å². The van der Waals surface area contributed by atoms with Crippen molar-refractivity contribution in [2.45, 2.75) is 51.6 Å². The zero-order valence-corrected chi connectivity index (χ0v) is 9.73. The quantitative estimate of drug-likeness (QED) is 0.829. The van der Waals surface area contributed by atoms with Crippen LogP contribution in [0.3, 0.4) is 0 Å². The lowest BCUT2D eigenvalue weighted by Gasteiger charge is -2.16. The average molecular weight is 210 g/mol. The Hall–Kier alpha value is -0.410. The van der Waals surface area contributed by atoms with Gasteiger partial charge in [-0.1, -0.05) is 12.8 Å². The molecule has 1 aliphatic rings. The molecule has 1 heterocycles.